The number of rotatable bonds is 8. The number of hydrogen-bond acceptors (Lipinski definition) is 5. The van der Waals surface area contributed by atoms with Gasteiger partial charge in [-0.25, -0.2) is 9.97 Å². The largest absolute Gasteiger partial charge is 0.362 e. The van der Waals surface area contributed by atoms with E-state index in [1.54, 1.807) is 11.3 Å². The van der Waals surface area contributed by atoms with Crippen LogP contribution in [0.2, 0.25) is 0 Å². The zero-order chi connectivity index (χ0) is 14.4. The van der Waals surface area contributed by atoms with Crippen LogP contribution in [0, 0.1) is 0 Å². The summed E-state index contributed by atoms with van der Waals surface area (Å²) < 4.78 is 0. The highest BCUT2D eigenvalue weighted by molar-refractivity contribution is 7.16. The van der Waals surface area contributed by atoms with Crippen molar-refractivity contribution >= 4 is 27.8 Å². The fourth-order valence-corrected chi connectivity index (χ4v) is 4.00. The Kier molecular flexibility index (Phi) is 5.98. The van der Waals surface area contributed by atoms with Gasteiger partial charge in [0.05, 0.1) is 21.3 Å². The third-order valence-corrected chi connectivity index (χ3v) is 4.94. The Labute approximate surface area is 129 Å². The van der Waals surface area contributed by atoms with Crippen molar-refractivity contribution in [2.24, 2.45) is 0 Å². The molecule has 5 heteroatoms. The zero-order valence-electron chi connectivity index (χ0n) is 12.5. The number of anilines is 1. The predicted molar refractivity (Wildman–Crippen MR) is 90.0 cm³/mol. The monoisotopic (exact) mass is 309 g/mol. The van der Waals surface area contributed by atoms with E-state index in [-0.39, 0.29) is 0 Å². The molecule has 0 aliphatic heterocycles. The molecule has 3 nitrogen and oxygen atoms in total. The summed E-state index contributed by atoms with van der Waals surface area (Å²) in [6.07, 6.45) is 5.53. The molecule has 0 radical (unpaired) electrons. The molecule has 2 aromatic heterocycles. The van der Waals surface area contributed by atoms with Crippen LogP contribution in [0.5, 0.6) is 0 Å². The highest BCUT2D eigenvalue weighted by atomic mass is 32.1. The van der Waals surface area contributed by atoms with Gasteiger partial charge in [-0.05, 0) is 25.7 Å². The van der Waals surface area contributed by atoms with Gasteiger partial charge in [-0.1, -0.05) is 27.2 Å². The Hall–Kier alpha value is -0.940. The summed E-state index contributed by atoms with van der Waals surface area (Å²) in [7, 11) is 0. The quantitative estimate of drug-likeness (QED) is 0.746. The summed E-state index contributed by atoms with van der Waals surface area (Å²) in [6, 6.07) is 0. The Morgan fingerprint density at radius 1 is 1.05 bits per heavy atom. The first kappa shape index (κ1) is 15.4. The number of aromatic nitrogens is 2. The normalized spacial score (nSPS) is 10.9. The number of thiazole rings is 2. The van der Waals surface area contributed by atoms with Gasteiger partial charge in [-0.2, -0.15) is 0 Å². The fraction of sp³-hybridized carbons (Fsp3) is 0.600. The van der Waals surface area contributed by atoms with Crippen LogP contribution >= 0.6 is 22.7 Å². The van der Waals surface area contributed by atoms with Crippen molar-refractivity contribution in [1.29, 1.82) is 0 Å². The van der Waals surface area contributed by atoms with Crippen molar-refractivity contribution in [1.82, 2.24) is 9.97 Å². The number of nitrogens with zero attached hydrogens (tertiary/aromatic N) is 2. The first-order chi connectivity index (χ1) is 9.78. The lowest BCUT2D eigenvalue weighted by molar-refractivity contribution is 0.858. The van der Waals surface area contributed by atoms with Gasteiger partial charge in [-0.3, -0.25) is 0 Å². The molecule has 0 saturated heterocycles. The molecule has 2 heterocycles. The minimum Gasteiger partial charge on any atom is -0.362 e. The molecule has 0 amide bonds. The summed E-state index contributed by atoms with van der Waals surface area (Å²) >= 11 is 3.51. The fourth-order valence-electron chi connectivity index (χ4n) is 2.02. The third kappa shape index (κ3) is 3.79. The van der Waals surface area contributed by atoms with Gasteiger partial charge in [-0.15, -0.1) is 22.7 Å². The molecule has 0 bridgehead atoms. The van der Waals surface area contributed by atoms with E-state index in [0.717, 1.165) is 49.5 Å². The molecule has 110 valence electrons. The minimum absolute atomic E-state index is 0.985. The lowest BCUT2D eigenvalue weighted by Crippen LogP contribution is -1.98. The smallest absolute Gasteiger partial charge is 0.183 e. The van der Waals surface area contributed by atoms with E-state index in [1.807, 2.05) is 11.3 Å². The standard InChI is InChI=1S/C15H23N3S2/c1-4-7-11-14(20-13(17-11)8-5-2)12-10-19-15(18-12)16-9-6-3/h10H,4-9H2,1-3H3,(H,16,18). The van der Waals surface area contributed by atoms with Crippen molar-refractivity contribution in [3.63, 3.8) is 0 Å². The SMILES string of the molecule is CCCNc1nc(-c2sc(CCC)nc2CCC)cs1. The number of nitrogens with one attached hydrogen (secondary N) is 1. The topological polar surface area (TPSA) is 37.8 Å². The molecule has 0 saturated carbocycles. The van der Waals surface area contributed by atoms with Gasteiger partial charge in [0.25, 0.3) is 0 Å². The average molecular weight is 310 g/mol. The first-order valence-electron chi connectivity index (χ1n) is 7.46. The summed E-state index contributed by atoms with van der Waals surface area (Å²) in [5, 5.41) is 7.79. The van der Waals surface area contributed by atoms with Crippen LogP contribution in [-0.2, 0) is 12.8 Å². The van der Waals surface area contributed by atoms with Crippen molar-refractivity contribution < 1.29 is 0 Å². The van der Waals surface area contributed by atoms with Crippen LogP contribution in [0.4, 0.5) is 5.13 Å². The minimum atomic E-state index is 0.985. The molecule has 0 aliphatic carbocycles. The van der Waals surface area contributed by atoms with Crippen molar-refractivity contribution in [2.75, 3.05) is 11.9 Å². The Balaban J connectivity index is 2.23. The Morgan fingerprint density at radius 3 is 2.55 bits per heavy atom. The molecule has 20 heavy (non-hydrogen) atoms. The van der Waals surface area contributed by atoms with E-state index in [2.05, 4.69) is 31.5 Å². The average Bonchev–Trinajstić information content (AvgIpc) is 3.04. The summed E-state index contributed by atoms with van der Waals surface area (Å²) in [5.41, 5.74) is 2.32. The first-order valence-corrected chi connectivity index (χ1v) is 9.16. The second-order valence-corrected chi connectivity index (χ2v) is 6.79. The van der Waals surface area contributed by atoms with Gasteiger partial charge in [0.15, 0.2) is 5.13 Å². The molecule has 0 aliphatic rings. The Bertz CT molecular complexity index is 531. The maximum atomic E-state index is 4.80. The van der Waals surface area contributed by atoms with Crippen LogP contribution in [0.15, 0.2) is 5.38 Å². The number of hydrogen-bond donors (Lipinski definition) is 1. The summed E-state index contributed by atoms with van der Waals surface area (Å²) in [5.74, 6) is 0. The summed E-state index contributed by atoms with van der Waals surface area (Å²) in [6.45, 7) is 7.56. The zero-order valence-corrected chi connectivity index (χ0v) is 14.2. The van der Waals surface area contributed by atoms with E-state index in [4.69, 9.17) is 9.97 Å². The van der Waals surface area contributed by atoms with Crippen LogP contribution < -0.4 is 5.32 Å². The van der Waals surface area contributed by atoms with Gasteiger partial charge in [0, 0.05) is 11.9 Å². The molecule has 1 N–H and O–H groups in total. The molecule has 2 aromatic rings. The summed E-state index contributed by atoms with van der Waals surface area (Å²) in [4.78, 5) is 10.8. The van der Waals surface area contributed by atoms with Gasteiger partial charge in [0.2, 0.25) is 0 Å². The molecule has 0 aromatic carbocycles. The van der Waals surface area contributed by atoms with Crippen molar-refractivity contribution in [3.05, 3.63) is 16.1 Å². The highest BCUT2D eigenvalue weighted by Gasteiger charge is 2.15. The second kappa shape index (κ2) is 7.74. The van der Waals surface area contributed by atoms with E-state index in [9.17, 15) is 0 Å². The maximum absolute atomic E-state index is 4.80. The lowest BCUT2D eigenvalue weighted by Gasteiger charge is -1.98. The van der Waals surface area contributed by atoms with Gasteiger partial charge in [0.1, 0.15) is 0 Å². The van der Waals surface area contributed by atoms with Crippen LogP contribution in [0.1, 0.15) is 50.7 Å². The maximum Gasteiger partial charge on any atom is 0.183 e. The molecule has 0 unspecified atom stereocenters. The van der Waals surface area contributed by atoms with E-state index >= 15 is 0 Å². The molecular formula is C15H23N3S2. The van der Waals surface area contributed by atoms with Crippen molar-refractivity contribution in [3.8, 4) is 10.6 Å². The third-order valence-electron chi connectivity index (χ3n) is 2.96. The van der Waals surface area contributed by atoms with Crippen molar-refractivity contribution in [2.45, 2.75) is 52.9 Å². The Morgan fingerprint density at radius 2 is 1.85 bits per heavy atom. The van der Waals surface area contributed by atoms with Gasteiger partial charge >= 0.3 is 0 Å². The number of aryl methyl sites for hydroxylation is 2. The predicted octanol–water partition coefficient (Wildman–Crippen LogP) is 4.99. The van der Waals surface area contributed by atoms with Gasteiger partial charge < -0.3 is 5.32 Å². The van der Waals surface area contributed by atoms with E-state index in [0.29, 0.717) is 0 Å². The molecule has 0 spiro atoms. The highest BCUT2D eigenvalue weighted by Crippen LogP contribution is 2.33. The molecular weight excluding hydrogens is 286 g/mol. The van der Waals surface area contributed by atoms with Crippen LogP contribution in [-0.4, -0.2) is 16.5 Å². The van der Waals surface area contributed by atoms with E-state index < -0.39 is 0 Å². The van der Waals surface area contributed by atoms with Crippen LogP contribution in [0.3, 0.4) is 0 Å². The van der Waals surface area contributed by atoms with Crippen LogP contribution in [0.25, 0.3) is 10.6 Å². The van der Waals surface area contributed by atoms with E-state index in [1.165, 1.54) is 15.6 Å². The second-order valence-electron chi connectivity index (χ2n) is 4.85. The molecule has 2 rings (SSSR count). The molecule has 0 atom stereocenters. The molecule has 0 fully saturated rings. The lowest BCUT2D eigenvalue weighted by atomic mass is 10.2.